The van der Waals surface area contributed by atoms with E-state index in [-0.39, 0.29) is 18.5 Å². The number of rotatable bonds is 10. The Morgan fingerprint density at radius 2 is 1.52 bits per heavy atom. The molecule has 0 radical (unpaired) electrons. The summed E-state index contributed by atoms with van der Waals surface area (Å²) < 4.78 is 10.6. The molecule has 0 bridgehead atoms. The second kappa shape index (κ2) is 10.9. The van der Waals surface area contributed by atoms with Crippen LogP contribution in [0.15, 0.2) is 42.5 Å². The van der Waals surface area contributed by atoms with Crippen LogP contribution in [0.3, 0.4) is 0 Å². The number of hydrogen-bond acceptors (Lipinski definition) is 4. The Morgan fingerprint density at radius 1 is 0.897 bits per heavy atom. The van der Waals surface area contributed by atoms with Crippen molar-refractivity contribution in [3.63, 3.8) is 0 Å². The van der Waals surface area contributed by atoms with E-state index in [9.17, 15) is 4.79 Å². The van der Waals surface area contributed by atoms with Gasteiger partial charge in [0.2, 0.25) is 5.91 Å². The smallest absolute Gasteiger partial charge is 0.234 e. The Labute approximate surface area is 174 Å². The van der Waals surface area contributed by atoms with E-state index in [1.807, 2.05) is 18.2 Å². The summed E-state index contributed by atoms with van der Waals surface area (Å²) in [6, 6.07) is 14.4. The van der Waals surface area contributed by atoms with Gasteiger partial charge in [-0.15, -0.1) is 0 Å². The highest BCUT2D eigenvalue weighted by molar-refractivity contribution is 5.78. The van der Waals surface area contributed by atoms with Crippen LogP contribution >= 0.6 is 0 Å². The maximum atomic E-state index is 12.4. The summed E-state index contributed by atoms with van der Waals surface area (Å²) in [7, 11) is 3.20. The number of hydrogen-bond donors (Lipinski definition) is 2. The summed E-state index contributed by atoms with van der Waals surface area (Å²) in [5.74, 6) is 2.18. The van der Waals surface area contributed by atoms with Gasteiger partial charge in [0.05, 0.1) is 20.8 Å². The van der Waals surface area contributed by atoms with Crippen molar-refractivity contribution in [3.05, 3.63) is 59.2 Å². The van der Waals surface area contributed by atoms with Crippen molar-refractivity contribution in [1.29, 1.82) is 0 Å². The molecule has 2 aromatic rings. The lowest BCUT2D eigenvalue weighted by Crippen LogP contribution is -2.37. The van der Waals surface area contributed by atoms with Crippen LogP contribution in [-0.4, -0.2) is 26.7 Å². The summed E-state index contributed by atoms with van der Waals surface area (Å²) in [5, 5.41) is 6.36. The highest BCUT2D eigenvalue weighted by Gasteiger charge is 2.17. The SMILES string of the molecule is COc1ccc(CNC(=O)CN[C@@H](c2ccc(C(C)C)cc2)C(C)C)cc1OC. The number of ether oxygens (including phenoxy) is 2. The molecule has 0 saturated carbocycles. The molecule has 0 heterocycles. The third kappa shape index (κ3) is 6.50. The molecule has 5 heteroatoms. The molecule has 0 unspecified atom stereocenters. The van der Waals surface area contributed by atoms with Gasteiger partial charge in [-0.3, -0.25) is 4.79 Å². The molecule has 0 aliphatic heterocycles. The Bertz CT molecular complexity index is 785. The maximum Gasteiger partial charge on any atom is 0.234 e. The summed E-state index contributed by atoms with van der Waals surface area (Å²) in [4.78, 5) is 12.4. The fraction of sp³-hybridized carbons (Fsp3) is 0.458. The van der Waals surface area contributed by atoms with Gasteiger partial charge in [0.15, 0.2) is 11.5 Å². The minimum absolute atomic E-state index is 0.0377. The number of carbonyl (C=O) groups is 1. The van der Waals surface area contributed by atoms with E-state index in [1.54, 1.807) is 14.2 Å². The second-order valence-electron chi connectivity index (χ2n) is 7.89. The van der Waals surface area contributed by atoms with Crippen LogP contribution in [0.2, 0.25) is 0 Å². The third-order valence-electron chi connectivity index (χ3n) is 5.05. The lowest BCUT2D eigenvalue weighted by Gasteiger charge is -2.23. The summed E-state index contributed by atoms with van der Waals surface area (Å²) in [6.07, 6.45) is 0. The highest BCUT2D eigenvalue weighted by atomic mass is 16.5. The number of benzene rings is 2. The van der Waals surface area contributed by atoms with Crippen LogP contribution in [0.1, 0.15) is 56.3 Å². The minimum atomic E-state index is -0.0377. The van der Waals surface area contributed by atoms with Crippen molar-refractivity contribution >= 4 is 5.91 Å². The van der Waals surface area contributed by atoms with Crippen molar-refractivity contribution < 1.29 is 14.3 Å². The van der Waals surface area contributed by atoms with Crippen molar-refractivity contribution in [3.8, 4) is 11.5 Å². The van der Waals surface area contributed by atoms with Gasteiger partial charge in [0.1, 0.15) is 0 Å². The molecular weight excluding hydrogens is 364 g/mol. The van der Waals surface area contributed by atoms with Gasteiger partial charge in [0.25, 0.3) is 0 Å². The average molecular weight is 399 g/mol. The zero-order chi connectivity index (χ0) is 21.4. The Balaban J connectivity index is 1.92. The first-order valence-corrected chi connectivity index (χ1v) is 10.2. The lowest BCUT2D eigenvalue weighted by molar-refractivity contribution is -0.120. The summed E-state index contributed by atoms with van der Waals surface area (Å²) >= 11 is 0. The number of nitrogens with one attached hydrogen (secondary N) is 2. The molecule has 0 aromatic heterocycles. The molecule has 2 rings (SSSR count). The molecule has 0 fully saturated rings. The van der Waals surface area contributed by atoms with E-state index in [1.165, 1.54) is 11.1 Å². The van der Waals surface area contributed by atoms with Gasteiger partial charge in [0, 0.05) is 12.6 Å². The molecule has 2 aromatic carbocycles. The van der Waals surface area contributed by atoms with Crippen LogP contribution < -0.4 is 20.1 Å². The molecule has 0 aliphatic carbocycles. The normalized spacial score (nSPS) is 12.1. The minimum Gasteiger partial charge on any atom is -0.493 e. The first-order chi connectivity index (χ1) is 13.8. The standard InChI is InChI=1S/C24H34N2O3/c1-16(2)19-8-10-20(11-9-19)24(17(3)4)26-15-23(27)25-14-18-7-12-21(28-5)22(13-18)29-6/h7-13,16-17,24,26H,14-15H2,1-6H3,(H,25,27)/t24-/m1/s1. The van der Waals surface area contributed by atoms with Gasteiger partial charge in [-0.05, 0) is 40.7 Å². The number of methoxy groups -OCH3 is 2. The van der Waals surface area contributed by atoms with Crippen molar-refractivity contribution in [2.24, 2.45) is 5.92 Å². The monoisotopic (exact) mass is 398 g/mol. The van der Waals surface area contributed by atoms with E-state index in [2.05, 4.69) is 62.6 Å². The third-order valence-corrected chi connectivity index (χ3v) is 5.05. The Morgan fingerprint density at radius 3 is 2.07 bits per heavy atom. The molecule has 158 valence electrons. The number of carbonyl (C=O) groups excluding carboxylic acids is 1. The quantitative estimate of drug-likeness (QED) is 0.622. The number of amides is 1. The molecular formula is C24H34N2O3. The van der Waals surface area contributed by atoms with Gasteiger partial charge in [-0.1, -0.05) is 58.0 Å². The van der Waals surface area contributed by atoms with Crippen molar-refractivity contribution in [2.75, 3.05) is 20.8 Å². The van der Waals surface area contributed by atoms with Gasteiger partial charge < -0.3 is 20.1 Å². The highest BCUT2D eigenvalue weighted by Crippen LogP contribution is 2.27. The zero-order valence-electron chi connectivity index (χ0n) is 18.4. The zero-order valence-corrected chi connectivity index (χ0v) is 18.4. The fourth-order valence-corrected chi connectivity index (χ4v) is 3.28. The average Bonchev–Trinajstić information content (AvgIpc) is 2.72. The predicted octanol–water partition coefficient (Wildman–Crippen LogP) is 4.43. The molecule has 5 nitrogen and oxygen atoms in total. The second-order valence-corrected chi connectivity index (χ2v) is 7.89. The molecule has 0 saturated heterocycles. The maximum absolute atomic E-state index is 12.4. The predicted molar refractivity (Wildman–Crippen MR) is 118 cm³/mol. The van der Waals surface area contributed by atoms with E-state index in [0.717, 1.165) is 5.56 Å². The van der Waals surface area contributed by atoms with Crippen LogP contribution in [0.5, 0.6) is 11.5 Å². The Kier molecular flexibility index (Phi) is 8.52. The van der Waals surface area contributed by atoms with E-state index >= 15 is 0 Å². The summed E-state index contributed by atoms with van der Waals surface area (Å²) in [5.41, 5.74) is 3.49. The van der Waals surface area contributed by atoms with Crippen LogP contribution in [0.4, 0.5) is 0 Å². The Hall–Kier alpha value is -2.53. The first-order valence-electron chi connectivity index (χ1n) is 10.2. The van der Waals surface area contributed by atoms with E-state index in [4.69, 9.17) is 9.47 Å². The van der Waals surface area contributed by atoms with Crippen LogP contribution in [0, 0.1) is 5.92 Å². The van der Waals surface area contributed by atoms with Crippen molar-refractivity contribution in [1.82, 2.24) is 10.6 Å². The summed E-state index contributed by atoms with van der Waals surface area (Å²) in [6.45, 7) is 9.41. The van der Waals surface area contributed by atoms with E-state index < -0.39 is 0 Å². The first kappa shape index (κ1) is 22.8. The molecule has 0 spiro atoms. The fourth-order valence-electron chi connectivity index (χ4n) is 3.28. The van der Waals surface area contributed by atoms with Gasteiger partial charge in [-0.25, -0.2) is 0 Å². The molecule has 2 N–H and O–H groups in total. The van der Waals surface area contributed by atoms with Crippen LogP contribution in [-0.2, 0) is 11.3 Å². The topological polar surface area (TPSA) is 59.6 Å². The lowest BCUT2D eigenvalue weighted by atomic mass is 9.93. The van der Waals surface area contributed by atoms with E-state index in [0.29, 0.717) is 29.9 Å². The van der Waals surface area contributed by atoms with Crippen molar-refractivity contribution in [2.45, 2.75) is 46.2 Å². The molecule has 29 heavy (non-hydrogen) atoms. The molecule has 1 atom stereocenters. The van der Waals surface area contributed by atoms with Gasteiger partial charge >= 0.3 is 0 Å². The molecule has 0 aliphatic rings. The molecule has 1 amide bonds. The van der Waals surface area contributed by atoms with Crippen LogP contribution in [0.25, 0.3) is 0 Å². The largest absolute Gasteiger partial charge is 0.493 e. The van der Waals surface area contributed by atoms with Gasteiger partial charge in [-0.2, -0.15) is 0 Å².